The van der Waals surface area contributed by atoms with Gasteiger partial charge in [0.1, 0.15) is 11.9 Å². The van der Waals surface area contributed by atoms with Gasteiger partial charge in [-0.3, -0.25) is 0 Å². The van der Waals surface area contributed by atoms with Crippen molar-refractivity contribution in [3.05, 3.63) is 65.7 Å². The summed E-state index contributed by atoms with van der Waals surface area (Å²) in [7, 11) is 0. The molecule has 0 radical (unpaired) electrons. The van der Waals surface area contributed by atoms with E-state index in [0.29, 0.717) is 13.2 Å². The third-order valence-corrected chi connectivity index (χ3v) is 2.69. The van der Waals surface area contributed by atoms with Gasteiger partial charge in [-0.1, -0.05) is 30.3 Å². The Balaban J connectivity index is 1.79. The van der Waals surface area contributed by atoms with Gasteiger partial charge in [-0.05, 0) is 24.6 Å². The summed E-state index contributed by atoms with van der Waals surface area (Å²) in [5.41, 5.74) is 1.06. The SMILES string of the molecule is CC(COCc1ccccc1)Oc1ccc(F)cc1F. The Hall–Kier alpha value is -1.94. The first-order chi connectivity index (χ1) is 9.65. The number of benzene rings is 2. The number of hydrogen-bond donors (Lipinski definition) is 0. The molecule has 0 amide bonds. The van der Waals surface area contributed by atoms with Crippen LogP contribution >= 0.6 is 0 Å². The van der Waals surface area contributed by atoms with Crippen LogP contribution in [0.25, 0.3) is 0 Å². The van der Waals surface area contributed by atoms with Gasteiger partial charge >= 0.3 is 0 Å². The zero-order chi connectivity index (χ0) is 14.4. The van der Waals surface area contributed by atoms with Gasteiger partial charge in [-0.2, -0.15) is 0 Å². The summed E-state index contributed by atoms with van der Waals surface area (Å²) in [6, 6.07) is 13.0. The van der Waals surface area contributed by atoms with E-state index in [9.17, 15) is 8.78 Å². The molecule has 4 heteroatoms. The minimum absolute atomic E-state index is 0.0298. The second-order valence-electron chi connectivity index (χ2n) is 4.50. The Morgan fingerprint density at radius 3 is 2.50 bits per heavy atom. The maximum atomic E-state index is 13.4. The summed E-state index contributed by atoms with van der Waals surface area (Å²) in [5, 5.41) is 0. The van der Waals surface area contributed by atoms with Crippen LogP contribution in [0.2, 0.25) is 0 Å². The van der Waals surface area contributed by atoms with Crippen LogP contribution in [-0.4, -0.2) is 12.7 Å². The first-order valence-corrected chi connectivity index (χ1v) is 6.38. The summed E-state index contributed by atoms with van der Waals surface area (Å²) in [4.78, 5) is 0. The average molecular weight is 278 g/mol. The maximum Gasteiger partial charge on any atom is 0.167 e. The van der Waals surface area contributed by atoms with E-state index in [-0.39, 0.29) is 11.9 Å². The fraction of sp³-hybridized carbons (Fsp3) is 0.250. The summed E-state index contributed by atoms with van der Waals surface area (Å²) < 4.78 is 37.0. The first kappa shape index (κ1) is 14.5. The minimum Gasteiger partial charge on any atom is -0.485 e. The van der Waals surface area contributed by atoms with Crippen molar-refractivity contribution in [1.82, 2.24) is 0 Å². The van der Waals surface area contributed by atoms with E-state index >= 15 is 0 Å². The van der Waals surface area contributed by atoms with Crippen LogP contribution in [0.5, 0.6) is 5.75 Å². The van der Waals surface area contributed by atoms with Gasteiger partial charge in [0.15, 0.2) is 11.6 Å². The third kappa shape index (κ3) is 4.31. The van der Waals surface area contributed by atoms with E-state index in [1.54, 1.807) is 6.92 Å². The molecule has 1 unspecified atom stereocenters. The molecule has 0 aliphatic carbocycles. The monoisotopic (exact) mass is 278 g/mol. The highest BCUT2D eigenvalue weighted by atomic mass is 19.1. The minimum atomic E-state index is -0.708. The Kier molecular flexibility index (Phi) is 5.07. The van der Waals surface area contributed by atoms with Crippen molar-refractivity contribution in [2.75, 3.05) is 6.61 Å². The van der Waals surface area contributed by atoms with Crippen molar-refractivity contribution in [3.63, 3.8) is 0 Å². The largest absolute Gasteiger partial charge is 0.485 e. The van der Waals surface area contributed by atoms with Crippen LogP contribution in [0.4, 0.5) is 8.78 Å². The molecule has 0 aliphatic rings. The van der Waals surface area contributed by atoms with E-state index in [4.69, 9.17) is 9.47 Å². The lowest BCUT2D eigenvalue weighted by molar-refractivity contribution is 0.0475. The van der Waals surface area contributed by atoms with E-state index in [0.717, 1.165) is 17.7 Å². The van der Waals surface area contributed by atoms with Crippen LogP contribution in [-0.2, 0) is 11.3 Å². The highest BCUT2D eigenvalue weighted by molar-refractivity contribution is 5.24. The number of hydrogen-bond acceptors (Lipinski definition) is 2. The zero-order valence-corrected chi connectivity index (χ0v) is 11.2. The second-order valence-corrected chi connectivity index (χ2v) is 4.50. The predicted octanol–water partition coefficient (Wildman–Crippen LogP) is 3.95. The van der Waals surface area contributed by atoms with Crippen LogP contribution in [0.15, 0.2) is 48.5 Å². The molecule has 0 heterocycles. The Labute approximate surface area is 117 Å². The van der Waals surface area contributed by atoms with Crippen LogP contribution in [0, 0.1) is 11.6 Å². The molecule has 0 bridgehead atoms. The molecule has 0 aliphatic heterocycles. The quantitative estimate of drug-likeness (QED) is 0.796. The molecule has 20 heavy (non-hydrogen) atoms. The summed E-state index contributed by atoms with van der Waals surface area (Å²) in [6.45, 7) is 2.57. The highest BCUT2D eigenvalue weighted by Gasteiger charge is 2.09. The van der Waals surface area contributed by atoms with Crippen molar-refractivity contribution in [2.24, 2.45) is 0 Å². The summed E-state index contributed by atoms with van der Waals surface area (Å²) in [6.07, 6.45) is -0.321. The van der Waals surface area contributed by atoms with Crippen LogP contribution in [0.3, 0.4) is 0 Å². The lowest BCUT2D eigenvalue weighted by Gasteiger charge is -2.15. The van der Waals surface area contributed by atoms with Crippen molar-refractivity contribution < 1.29 is 18.3 Å². The topological polar surface area (TPSA) is 18.5 Å². The number of ether oxygens (including phenoxy) is 2. The van der Waals surface area contributed by atoms with Crippen molar-refractivity contribution >= 4 is 0 Å². The second kappa shape index (κ2) is 7.01. The molecule has 1 atom stereocenters. The Morgan fingerprint density at radius 1 is 1.05 bits per heavy atom. The molecule has 106 valence electrons. The number of rotatable bonds is 6. The van der Waals surface area contributed by atoms with Gasteiger partial charge in [0.05, 0.1) is 13.2 Å². The van der Waals surface area contributed by atoms with E-state index in [2.05, 4.69) is 0 Å². The molecule has 0 saturated heterocycles. The highest BCUT2D eigenvalue weighted by Crippen LogP contribution is 2.19. The van der Waals surface area contributed by atoms with E-state index in [1.165, 1.54) is 6.07 Å². The van der Waals surface area contributed by atoms with Gasteiger partial charge in [0.25, 0.3) is 0 Å². The van der Waals surface area contributed by atoms with Crippen molar-refractivity contribution in [1.29, 1.82) is 0 Å². The molecule has 0 aromatic heterocycles. The molecule has 0 saturated carbocycles. The molecule has 2 nitrogen and oxygen atoms in total. The van der Waals surface area contributed by atoms with Gasteiger partial charge in [-0.15, -0.1) is 0 Å². The van der Waals surface area contributed by atoms with Crippen molar-refractivity contribution in [2.45, 2.75) is 19.6 Å². The molecule has 2 aromatic rings. The van der Waals surface area contributed by atoms with Gasteiger partial charge in [0, 0.05) is 6.07 Å². The maximum absolute atomic E-state index is 13.4. The van der Waals surface area contributed by atoms with Gasteiger partial charge in [0.2, 0.25) is 0 Å². The van der Waals surface area contributed by atoms with Crippen LogP contribution in [0.1, 0.15) is 12.5 Å². The Morgan fingerprint density at radius 2 is 1.80 bits per heavy atom. The zero-order valence-electron chi connectivity index (χ0n) is 11.2. The average Bonchev–Trinajstić information content (AvgIpc) is 2.43. The normalized spacial score (nSPS) is 12.2. The lowest BCUT2D eigenvalue weighted by atomic mass is 10.2. The summed E-state index contributed by atoms with van der Waals surface area (Å²) >= 11 is 0. The molecule has 2 aromatic carbocycles. The van der Waals surface area contributed by atoms with E-state index in [1.807, 2.05) is 30.3 Å². The fourth-order valence-corrected chi connectivity index (χ4v) is 1.74. The molecule has 2 rings (SSSR count). The fourth-order valence-electron chi connectivity index (χ4n) is 1.74. The first-order valence-electron chi connectivity index (χ1n) is 6.38. The molecule has 0 spiro atoms. The lowest BCUT2D eigenvalue weighted by Crippen LogP contribution is -2.19. The standard InChI is InChI=1S/C16H16F2O2/c1-12(10-19-11-13-5-3-2-4-6-13)20-16-8-7-14(17)9-15(16)18/h2-9,12H,10-11H2,1H3. The molecular formula is C16H16F2O2. The smallest absolute Gasteiger partial charge is 0.167 e. The van der Waals surface area contributed by atoms with Crippen molar-refractivity contribution in [3.8, 4) is 5.75 Å². The van der Waals surface area contributed by atoms with Gasteiger partial charge < -0.3 is 9.47 Å². The predicted molar refractivity (Wildman–Crippen MR) is 72.5 cm³/mol. The Bertz CT molecular complexity index is 543. The van der Waals surface area contributed by atoms with E-state index < -0.39 is 11.6 Å². The van der Waals surface area contributed by atoms with Crippen LogP contribution < -0.4 is 4.74 Å². The third-order valence-electron chi connectivity index (χ3n) is 2.69. The molecule has 0 N–H and O–H groups in total. The molecular weight excluding hydrogens is 262 g/mol. The van der Waals surface area contributed by atoms with Gasteiger partial charge in [-0.25, -0.2) is 8.78 Å². The molecule has 0 fully saturated rings. The summed E-state index contributed by atoms with van der Waals surface area (Å²) in [5.74, 6) is -1.30. The number of halogens is 2.